The Morgan fingerprint density at radius 2 is 2.83 bits per heavy atom. The van der Waals surface area contributed by atoms with Gasteiger partial charge in [-0.3, -0.25) is 0 Å². The van der Waals surface area contributed by atoms with E-state index in [-0.39, 0.29) is 0 Å². The summed E-state index contributed by atoms with van der Waals surface area (Å²) < 4.78 is 4.54. The number of hydrogen-bond donors (Lipinski definition) is 0. The van der Waals surface area contributed by atoms with Gasteiger partial charge in [0, 0.05) is 0 Å². The van der Waals surface area contributed by atoms with Crippen LogP contribution in [0.2, 0.25) is 0 Å². The molecule has 0 unspecified atom stereocenters. The molecule has 31 valence electrons. The summed E-state index contributed by atoms with van der Waals surface area (Å²) in [5, 5.41) is 0. The summed E-state index contributed by atoms with van der Waals surface area (Å²) in [6, 6.07) is 0. The number of nitrogens with zero attached hydrogens (tertiary/aromatic N) is 1. The zero-order valence-electron chi connectivity index (χ0n) is 3.27. The maximum atomic E-state index is 4.54. The largest absolute Gasteiger partial charge is 0.467 e. The molecule has 0 saturated heterocycles. The third-order valence-corrected chi connectivity index (χ3v) is 0.507. The van der Waals surface area contributed by atoms with Gasteiger partial charge in [0.25, 0.3) is 6.40 Å². The molecule has 0 bridgehead atoms. The molecule has 2 heteroatoms. The van der Waals surface area contributed by atoms with Crippen LogP contribution in [0.1, 0.15) is 0 Å². The molecule has 1 aliphatic rings. The van der Waals surface area contributed by atoms with E-state index in [1.807, 2.05) is 0 Å². The first-order chi connectivity index (χ1) is 2.89. The van der Waals surface area contributed by atoms with Gasteiger partial charge < -0.3 is 4.74 Å². The monoisotopic (exact) mass is 82.0 g/mol. The first-order valence-electron chi connectivity index (χ1n) is 1.65. The van der Waals surface area contributed by atoms with Crippen LogP contribution < -0.4 is 0 Å². The Morgan fingerprint density at radius 3 is 3.00 bits per heavy atom. The molecule has 0 N–H and O–H groups in total. The standard InChI is InChI=1S/C4H4NO/c1-4-2-6-3-5-4/h1-2H2. The average Bonchev–Trinajstić information content (AvgIpc) is 1.86. The van der Waals surface area contributed by atoms with Crippen molar-refractivity contribution in [1.29, 1.82) is 0 Å². The SMILES string of the molecule is C=C1CO[C]=N1. The van der Waals surface area contributed by atoms with Crippen LogP contribution in [0.25, 0.3) is 0 Å². The molecule has 0 aromatic heterocycles. The molecule has 0 aromatic carbocycles. The molecule has 0 amide bonds. The van der Waals surface area contributed by atoms with Crippen molar-refractivity contribution in [1.82, 2.24) is 0 Å². The third kappa shape index (κ3) is 0.407. The summed E-state index contributed by atoms with van der Waals surface area (Å²) in [6.45, 7) is 4.01. The van der Waals surface area contributed by atoms with Crippen LogP contribution in [0.5, 0.6) is 0 Å². The van der Waals surface area contributed by atoms with Crippen molar-refractivity contribution in [3.8, 4) is 0 Å². The van der Waals surface area contributed by atoms with Crippen molar-refractivity contribution < 1.29 is 4.74 Å². The van der Waals surface area contributed by atoms with Crippen molar-refractivity contribution in [2.24, 2.45) is 4.99 Å². The average molecular weight is 82.1 g/mol. The van der Waals surface area contributed by atoms with Gasteiger partial charge >= 0.3 is 0 Å². The van der Waals surface area contributed by atoms with E-state index in [0.717, 1.165) is 5.70 Å². The van der Waals surface area contributed by atoms with Gasteiger partial charge in [-0.15, -0.1) is 0 Å². The van der Waals surface area contributed by atoms with Crippen molar-refractivity contribution in [2.75, 3.05) is 6.61 Å². The topological polar surface area (TPSA) is 21.6 Å². The van der Waals surface area contributed by atoms with Crippen molar-refractivity contribution >= 4 is 6.40 Å². The van der Waals surface area contributed by atoms with E-state index in [4.69, 9.17) is 0 Å². The maximum Gasteiger partial charge on any atom is 0.278 e. The van der Waals surface area contributed by atoms with Crippen LogP contribution in [0.15, 0.2) is 17.3 Å². The zero-order valence-corrected chi connectivity index (χ0v) is 3.27. The van der Waals surface area contributed by atoms with Crippen molar-refractivity contribution in [3.05, 3.63) is 12.3 Å². The van der Waals surface area contributed by atoms with Crippen LogP contribution in [-0.2, 0) is 4.74 Å². The summed E-state index contributed by atoms with van der Waals surface area (Å²) in [7, 11) is 0. The Hall–Kier alpha value is -0.790. The molecule has 0 atom stereocenters. The van der Waals surface area contributed by atoms with Gasteiger partial charge in [0.1, 0.15) is 6.61 Å². The van der Waals surface area contributed by atoms with Crippen molar-refractivity contribution in [2.45, 2.75) is 0 Å². The molecule has 1 radical (unpaired) electrons. The Balaban J connectivity index is 2.59. The fourth-order valence-corrected chi connectivity index (χ4v) is 0.245. The Morgan fingerprint density at radius 1 is 2.00 bits per heavy atom. The number of rotatable bonds is 0. The number of aliphatic imine (C=N–C) groups is 1. The summed E-state index contributed by atoms with van der Waals surface area (Å²) >= 11 is 0. The van der Waals surface area contributed by atoms with Gasteiger partial charge in [0.15, 0.2) is 0 Å². The molecule has 0 spiro atoms. The molecule has 2 nitrogen and oxygen atoms in total. The van der Waals surface area contributed by atoms with Gasteiger partial charge in [-0.1, -0.05) is 6.58 Å². The van der Waals surface area contributed by atoms with Crippen LogP contribution in [0, 0.1) is 0 Å². The van der Waals surface area contributed by atoms with E-state index in [1.165, 1.54) is 0 Å². The first kappa shape index (κ1) is 3.40. The highest BCUT2D eigenvalue weighted by Crippen LogP contribution is 1.96. The first-order valence-corrected chi connectivity index (χ1v) is 1.65. The summed E-state index contributed by atoms with van der Waals surface area (Å²) in [5.41, 5.74) is 0.745. The van der Waals surface area contributed by atoms with Crippen LogP contribution in [-0.4, -0.2) is 13.0 Å². The second-order valence-corrected chi connectivity index (χ2v) is 1.06. The van der Waals surface area contributed by atoms with E-state index in [0.29, 0.717) is 6.61 Å². The summed E-state index contributed by atoms with van der Waals surface area (Å²) in [5.74, 6) is 0. The second kappa shape index (κ2) is 1.12. The molecule has 6 heavy (non-hydrogen) atoms. The smallest absolute Gasteiger partial charge is 0.278 e. The van der Waals surface area contributed by atoms with Crippen molar-refractivity contribution in [3.63, 3.8) is 0 Å². The molecular weight excluding hydrogens is 78.1 g/mol. The van der Waals surface area contributed by atoms with Gasteiger partial charge in [0.05, 0.1) is 5.70 Å². The molecule has 1 rings (SSSR count). The Bertz CT molecular complexity index is 95.7. The van der Waals surface area contributed by atoms with Crippen LogP contribution in [0.3, 0.4) is 0 Å². The minimum atomic E-state index is 0.514. The van der Waals surface area contributed by atoms with E-state index in [1.54, 1.807) is 0 Å². The Labute approximate surface area is 36.1 Å². The quantitative estimate of drug-likeness (QED) is 0.415. The van der Waals surface area contributed by atoms with Gasteiger partial charge in [0.2, 0.25) is 0 Å². The normalized spacial score (nSPS) is 18.3. The fourth-order valence-electron chi connectivity index (χ4n) is 0.245. The lowest BCUT2D eigenvalue weighted by Gasteiger charge is -1.79. The predicted octanol–water partition coefficient (Wildman–Crippen LogP) is 0.436. The lowest BCUT2D eigenvalue weighted by molar-refractivity contribution is 0.379. The van der Waals surface area contributed by atoms with Crippen LogP contribution in [0.4, 0.5) is 0 Å². The fraction of sp³-hybridized carbons (Fsp3) is 0.250. The minimum absolute atomic E-state index is 0.514. The molecule has 0 aromatic rings. The molecular formula is C4H4NO. The molecule has 0 saturated carbocycles. The predicted molar refractivity (Wildman–Crippen MR) is 22.5 cm³/mol. The third-order valence-electron chi connectivity index (χ3n) is 0.507. The lowest BCUT2D eigenvalue weighted by Crippen LogP contribution is -1.78. The number of hydrogen-bond acceptors (Lipinski definition) is 2. The molecule has 0 fully saturated rings. The van der Waals surface area contributed by atoms with E-state index in [9.17, 15) is 0 Å². The zero-order chi connectivity index (χ0) is 4.41. The molecule has 1 heterocycles. The Kier molecular flexibility index (Phi) is 0.638. The van der Waals surface area contributed by atoms with Gasteiger partial charge in [-0.25, -0.2) is 4.99 Å². The molecule has 0 aliphatic carbocycles. The summed E-state index contributed by atoms with van der Waals surface area (Å²) in [6.07, 6.45) is 2.30. The maximum absolute atomic E-state index is 4.54. The van der Waals surface area contributed by atoms with E-state index >= 15 is 0 Å². The molecule has 1 aliphatic heterocycles. The van der Waals surface area contributed by atoms with E-state index in [2.05, 4.69) is 22.7 Å². The van der Waals surface area contributed by atoms with Gasteiger partial charge in [-0.2, -0.15) is 0 Å². The van der Waals surface area contributed by atoms with Gasteiger partial charge in [-0.05, 0) is 0 Å². The number of ether oxygens (including phenoxy) is 1. The second-order valence-electron chi connectivity index (χ2n) is 1.06. The highest BCUT2D eigenvalue weighted by Gasteiger charge is 1.94. The minimum Gasteiger partial charge on any atom is -0.467 e. The highest BCUT2D eigenvalue weighted by molar-refractivity contribution is 5.51. The van der Waals surface area contributed by atoms with E-state index < -0.39 is 0 Å². The lowest BCUT2D eigenvalue weighted by atomic mass is 10.6. The van der Waals surface area contributed by atoms with Crippen LogP contribution >= 0.6 is 0 Å². The summed E-state index contributed by atoms with van der Waals surface area (Å²) in [4.78, 5) is 3.57. The highest BCUT2D eigenvalue weighted by atomic mass is 16.5.